The lowest BCUT2D eigenvalue weighted by molar-refractivity contribution is -0.259. The molecule has 1 rings (SSSR count). The maximum atomic E-state index is 14.8. The summed E-state index contributed by atoms with van der Waals surface area (Å²) in [5, 5.41) is 2.26. The highest BCUT2D eigenvalue weighted by molar-refractivity contribution is 5.73. The molecule has 1 N–H and O–H groups in total. The SMILES string of the molecule is CC(=O)NC1C(F)[C@@H](OC(C)=O)C(COC(C)=O)O[C@H]1OC(C)=O. The van der Waals surface area contributed by atoms with Gasteiger partial charge in [-0.05, 0) is 0 Å². The van der Waals surface area contributed by atoms with Crippen LogP contribution in [0.15, 0.2) is 0 Å². The zero-order valence-electron chi connectivity index (χ0n) is 13.7. The Balaban J connectivity index is 3.04. The highest BCUT2D eigenvalue weighted by Crippen LogP contribution is 2.27. The van der Waals surface area contributed by atoms with Gasteiger partial charge in [0.05, 0.1) is 0 Å². The first-order valence-corrected chi connectivity index (χ1v) is 7.16. The lowest BCUT2D eigenvalue weighted by Crippen LogP contribution is -2.64. The van der Waals surface area contributed by atoms with E-state index in [4.69, 9.17) is 18.9 Å². The highest BCUT2D eigenvalue weighted by Gasteiger charge is 2.50. The molecule has 10 heteroatoms. The van der Waals surface area contributed by atoms with E-state index in [1.54, 1.807) is 0 Å². The molecule has 0 aromatic rings. The minimum absolute atomic E-state index is 0.418. The Hall–Kier alpha value is -2.23. The van der Waals surface area contributed by atoms with Crippen LogP contribution >= 0.6 is 0 Å². The fraction of sp³-hybridized carbons (Fsp3) is 0.714. The molecule has 1 saturated heterocycles. The van der Waals surface area contributed by atoms with Crippen LogP contribution < -0.4 is 5.32 Å². The molecule has 1 aliphatic heterocycles. The van der Waals surface area contributed by atoms with Crippen molar-refractivity contribution in [1.29, 1.82) is 0 Å². The van der Waals surface area contributed by atoms with Crippen molar-refractivity contribution < 1.29 is 42.5 Å². The van der Waals surface area contributed by atoms with Gasteiger partial charge in [-0.2, -0.15) is 0 Å². The number of halogens is 1. The average Bonchev–Trinajstić information content (AvgIpc) is 2.42. The molecule has 24 heavy (non-hydrogen) atoms. The van der Waals surface area contributed by atoms with Gasteiger partial charge >= 0.3 is 17.9 Å². The summed E-state index contributed by atoms with van der Waals surface area (Å²) in [6, 6.07) is -1.38. The molecule has 9 nitrogen and oxygen atoms in total. The van der Waals surface area contributed by atoms with E-state index in [0.717, 1.165) is 27.7 Å². The molecule has 1 heterocycles. The van der Waals surface area contributed by atoms with Crippen molar-refractivity contribution in [1.82, 2.24) is 5.32 Å². The quantitative estimate of drug-likeness (QED) is 0.527. The van der Waals surface area contributed by atoms with Gasteiger partial charge in [-0.1, -0.05) is 0 Å². The minimum Gasteiger partial charge on any atom is -0.463 e. The predicted octanol–water partition coefficient (Wildman–Crippen LogP) is -0.388. The summed E-state index contributed by atoms with van der Waals surface area (Å²) in [7, 11) is 0. The summed E-state index contributed by atoms with van der Waals surface area (Å²) < 4.78 is 34.7. The molecule has 0 radical (unpaired) electrons. The van der Waals surface area contributed by atoms with E-state index in [9.17, 15) is 23.6 Å². The number of nitrogens with one attached hydrogen (secondary N) is 1. The minimum atomic E-state index is -1.95. The van der Waals surface area contributed by atoms with Crippen LogP contribution in [0.2, 0.25) is 0 Å². The first kappa shape index (κ1) is 19.8. The Morgan fingerprint density at radius 3 is 2.04 bits per heavy atom. The van der Waals surface area contributed by atoms with Crippen molar-refractivity contribution in [2.75, 3.05) is 6.61 Å². The van der Waals surface area contributed by atoms with Crippen LogP contribution in [0.4, 0.5) is 4.39 Å². The smallest absolute Gasteiger partial charge is 0.305 e. The van der Waals surface area contributed by atoms with Gasteiger partial charge in [0.15, 0.2) is 12.3 Å². The zero-order chi connectivity index (χ0) is 18.4. The second-order valence-electron chi connectivity index (χ2n) is 5.20. The first-order chi connectivity index (χ1) is 11.1. The molecule has 1 aliphatic rings. The largest absolute Gasteiger partial charge is 0.463 e. The zero-order valence-corrected chi connectivity index (χ0v) is 13.7. The van der Waals surface area contributed by atoms with Crippen LogP contribution in [0.5, 0.6) is 0 Å². The second-order valence-corrected chi connectivity index (χ2v) is 5.20. The summed E-state index contributed by atoms with van der Waals surface area (Å²) in [5.74, 6) is -2.79. The number of carbonyl (C=O) groups excluding carboxylic acids is 4. The van der Waals surface area contributed by atoms with E-state index < -0.39 is 61.1 Å². The number of rotatable bonds is 5. The summed E-state index contributed by atoms with van der Waals surface area (Å²) in [6.45, 7) is 4.02. The monoisotopic (exact) mass is 349 g/mol. The van der Waals surface area contributed by atoms with Crippen molar-refractivity contribution in [3.05, 3.63) is 0 Å². The van der Waals surface area contributed by atoms with Crippen LogP contribution in [0.3, 0.4) is 0 Å². The Morgan fingerprint density at radius 2 is 1.58 bits per heavy atom. The number of ether oxygens (including phenoxy) is 4. The van der Waals surface area contributed by atoms with Crippen LogP contribution in [-0.4, -0.2) is 61.1 Å². The Morgan fingerprint density at radius 1 is 1.00 bits per heavy atom. The lowest BCUT2D eigenvalue weighted by Gasteiger charge is -2.42. The van der Waals surface area contributed by atoms with E-state index in [2.05, 4.69) is 5.32 Å². The molecule has 1 amide bonds. The summed E-state index contributed by atoms with van der Waals surface area (Å²) in [5.41, 5.74) is 0. The van der Waals surface area contributed by atoms with E-state index >= 15 is 0 Å². The molecule has 5 atom stereocenters. The fourth-order valence-corrected chi connectivity index (χ4v) is 2.21. The third-order valence-corrected chi connectivity index (χ3v) is 3.03. The van der Waals surface area contributed by atoms with Crippen molar-refractivity contribution >= 4 is 23.8 Å². The third-order valence-electron chi connectivity index (χ3n) is 3.03. The Bertz CT molecular complexity index is 509. The van der Waals surface area contributed by atoms with Gasteiger partial charge in [-0.25, -0.2) is 4.39 Å². The van der Waals surface area contributed by atoms with Crippen molar-refractivity contribution in [3.8, 4) is 0 Å². The van der Waals surface area contributed by atoms with Crippen LogP contribution in [0.25, 0.3) is 0 Å². The molecule has 3 unspecified atom stereocenters. The molecule has 1 fully saturated rings. The molecule has 0 saturated carbocycles. The fourth-order valence-electron chi connectivity index (χ4n) is 2.21. The summed E-state index contributed by atoms with van der Waals surface area (Å²) in [4.78, 5) is 44.6. The van der Waals surface area contributed by atoms with Crippen molar-refractivity contribution in [3.63, 3.8) is 0 Å². The predicted molar refractivity (Wildman–Crippen MR) is 75.1 cm³/mol. The van der Waals surface area contributed by atoms with Gasteiger partial charge < -0.3 is 24.3 Å². The second kappa shape index (κ2) is 8.57. The lowest BCUT2D eigenvalue weighted by atomic mass is 9.97. The molecule has 0 aliphatic carbocycles. The van der Waals surface area contributed by atoms with E-state index in [1.807, 2.05) is 0 Å². The van der Waals surface area contributed by atoms with Crippen LogP contribution in [0.1, 0.15) is 27.7 Å². The number of amides is 1. The number of alkyl halides is 1. The van der Waals surface area contributed by atoms with E-state index in [-0.39, 0.29) is 0 Å². The van der Waals surface area contributed by atoms with Crippen molar-refractivity contribution in [2.45, 2.75) is 58.4 Å². The van der Waals surface area contributed by atoms with Gasteiger partial charge in [0.1, 0.15) is 18.8 Å². The molecule has 0 spiro atoms. The van der Waals surface area contributed by atoms with Gasteiger partial charge in [0.2, 0.25) is 12.2 Å². The average molecular weight is 349 g/mol. The Labute approximate surface area is 137 Å². The standard InChI is InChI=1S/C14H20FNO8/c1-6(17)16-12-11(15)13(22-8(3)19)10(5-21-7(2)18)24-14(12)23-9(4)20/h10-14H,5H2,1-4H3,(H,16,17)/t10?,11?,12?,13-,14+/m0/s1. The highest BCUT2D eigenvalue weighted by atomic mass is 19.1. The van der Waals surface area contributed by atoms with E-state index in [1.165, 1.54) is 0 Å². The normalized spacial score (nSPS) is 29.3. The van der Waals surface area contributed by atoms with Gasteiger partial charge in [-0.3, -0.25) is 19.2 Å². The molecule has 0 aromatic heterocycles. The van der Waals surface area contributed by atoms with Gasteiger partial charge in [-0.15, -0.1) is 0 Å². The molecular weight excluding hydrogens is 329 g/mol. The topological polar surface area (TPSA) is 117 Å². The molecule has 136 valence electrons. The van der Waals surface area contributed by atoms with Gasteiger partial charge in [0.25, 0.3) is 0 Å². The number of carbonyl (C=O) groups is 4. The maximum Gasteiger partial charge on any atom is 0.305 e. The third kappa shape index (κ3) is 5.76. The number of hydrogen-bond donors (Lipinski definition) is 1. The maximum absolute atomic E-state index is 14.8. The van der Waals surface area contributed by atoms with Gasteiger partial charge in [0, 0.05) is 27.7 Å². The summed E-state index contributed by atoms with van der Waals surface area (Å²) in [6.07, 6.45) is -6.07. The number of esters is 3. The molecule has 0 aromatic carbocycles. The molecule has 0 bridgehead atoms. The summed E-state index contributed by atoms with van der Waals surface area (Å²) >= 11 is 0. The van der Waals surface area contributed by atoms with Crippen LogP contribution in [-0.2, 0) is 38.1 Å². The molecular formula is C14H20FNO8. The first-order valence-electron chi connectivity index (χ1n) is 7.16. The van der Waals surface area contributed by atoms with Crippen molar-refractivity contribution in [2.24, 2.45) is 0 Å². The van der Waals surface area contributed by atoms with Crippen LogP contribution in [0, 0.1) is 0 Å². The Kier molecular flexibility index (Phi) is 7.08. The number of hydrogen-bond acceptors (Lipinski definition) is 8. The van der Waals surface area contributed by atoms with E-state index in [0.29, 0.717) is 0 Å².